The minimum Gasteiger partial charge on any atom is -0.348 e. The highest BCUT2D eigenvalue weighted by molar-refractivity contribution is 6.48. The Morgan fingerprint density at radius 1 is 1.05 bits per heavy atom. The number of rotatable bonds is 1. The van der Waals surface area contributed by atoms with E-state index in [1.165, 1.54) is 0 Å². The summed E-state index contributed by atoms with van der Waals surface area (Å²) in [5.74, 6) is -1.60. The molecule has 1 aromatic carbocycles. The van der Waals surface area contributed by atoms with Crippen molar-refractivity contribution in [1.82, 2.24) is 4.90 Å². The summed E-state index contributed by atoms with van der Waals surface area (Å²) in [6, 6.07) is 9.26. The Bertz CT molecular complexity index is 634. The molecule has 21 heavy (non-hydrogen) atoms. The first kappa shape index (κ1) is 14.2. The van der Waals surface area contributed by atoms with E-state index in [1.54, 1.807) is 0 Å². The van der Waals surface area contributed by atoms with E-state index in [-0.39, 0.29) is 5.54 Å². The van der Waals surface area contributed by atoms with Crippen molar-refractivity contribution in [2.45, 2.75) is 44.7 Å². The number of aliphatic hydroxyl groups is 1. The van der Waals surface area contributed by atoms with Crippen molar-refractivity contribution in [3.05, 3.63) is 35.9 Å². The minimum absolute atomic E-state index is 0.375. The fourth-order valence-electron chi connectivity index (χ4n) is 2.93. The van der Waals surface area contributed by atoms with Crippen molar-refractivity contribution < 1.29 is 9.94 Å². The maximum atomic E-state index is 11.0. The van der Waals surface area contributed by atoms with Crippen molar-refractivity contribution in [3.63, 3.8) is 0 Å². The van der Waals surface area contributed by atoms with E-state index in [4.69, 9.17) is 9.83 Å². The summed E-state index contributed by atoms with van der Waals surface area (Å²) in [5, 5.41) is 15.2. The highest BCUT2D eigenvalue weighted by atomic mass is 16.7. The van der Waals surface area contributed by atoms with Crippen LogP contribution in [-0.4, -0.2) is 39.7 Å². The maximum absolute atomic E-state index is 11.0. The van der Waals surface area contributed by atoms with Gasteiger partial charge in [0.15, 0.2) is 0 Å². The van der Waals surface area contributed by atoms with Crippen molar-refractivity contribution in [2.24, 2.45) is 10.1 Å². The van der Waals surface area contributed by atoms with E-state index in [1.807, 2.05) is 51.2 Å². The van der Waals surface area contributed by atoms with Gasteiger partial charge in [-0.1, -0.05) is 35.5 Å². The topological polar surface area (TPSA) is 57.4 Å². The Balaban J connectivity index is 2.17. The predicted molar refractivity (Wildman–Crippen MR) is 82.2 cm³/mol. The molecule has 5 heteroatoms. The van der Waals surface area contributed by atoms with E-state index >= 15 is 0 Å². The Kier molecular flexibility index (Phi) is 2.81. The molecule has 2 aliphatic rings. The molecule has 0 amide bonds. The molecule has 0 bridgehead atoms. The van der Waals surface area contributed by atoms with Crippen LogP contribution in [0.4, 0.5) is 0 Å². The Morgan fingerprint density at radius 3 is 2.29 bits per heavy atom. The van der Waals surface area contributed by atoms with Crippen LogP contribution in [0.3, 0.4) is 0 Å². The van der Waals surface area contributed by atoms with E-state index in [0.717, 1.165) is 0 Å². The molecular weight excluding hydrogens is 266 g/mol. The van der Waals surface area contributed by atoms with Crippen LogP contribution in [0.25, 0.3) is 0 Å². The molecule has 0 saturated carbocycles. The van der Waals surface area contributed by atoms with E-state index in [0.29, 0.717) is 17.0 Å². The van der Waals surface area contributed by atoms with Gasteiger partial charge in [-0.3, -0.25) is 9.89 Å². The highest BCUT2D eigenvalue weighted by Gasteiger charge is 2.56. The van der Waals surface area contributed by atoms with Crippen LogP contribution in [0, 0.1) is 0 Å². The number of aliphatic imine (C=N–C) groups is 1. The van der Waals surface area contributed by atoms with Crippen molar-refractivity contribution >= 4 is 11.4 Å². The summed E-state index contributed by atoms with van der Waals surface area (Å²) in [6.45, 7) is 8.15. The van der Waals surface area contributed by atoms with Gasteiger partial charge in [0.05, 0.1) is 5.54 Å². The van der Waals surface area contributed by atoms with Gasteiger partial charge in [0.2, 0.25) is 0 Å². The van der Waals surface area contributed by atoms with Gasteiger partial charge in [0.25, 0.3) is 0 Å². The molecule has 1 atom stereocenters. The van der Waals surface area contributed by atoms with Crippen LogP contribution in [0.5, 0.6) is 0 Å². The molecule has 2 heterocycles. The van der Waals surface area contributed by atoms with Crippen molar-refractivity contribution in [2.75, 3.05) is 7.05 Å². The van der Waals surface area contributed by atoms with E-state index < -0.39 is 11.4 Å². The van der Waals surface area contributed by atoms with Crippen LogP contribution in [0.2, 0.25) is 0 Å². The van der Waals surface area contributed by atoms with Crippen LogP contribution < -0.4 is 0 Å². The minimum atomic E-state index is -1.60. The second-order valence-electron chi connectivity index (χ2n) is 6.61. The molecule has 1 N–H and O–H groups in total. The number of hydrogen-bond acceptors (Lipinski definition) is 5. The number of oxime groups is 1. The van der Waals surface area contributed by atoms with Crippen LogP contribution in [0.1, 0.15) is 33.3 Å². The fourth-order valence-corrected chi connectivity index (χ4v) is 2.93. The molecule has 0 aliphatic carbocycles. The molecule has 0 aromatic heterocycles. The summed E-state index contributed by atoms with van der Waals surface area (Å²) in [6.07, 6.45) is 0. The summed E-state index contributed by atoms with van der Waals surface area (Å²) in [5.41, 5.74) is 0.991. The average molecular weight is 287 g/mol. The Labute approximate surface area is 124 Å². The largest absolute Gasteiger partial charge is 0.348 e. The highest BCUT2D eigenvalue weighted by Crippen LogP contribution is 2.40. The zero-order valence-electron chi connectivity index (χ0n) is 13.1. The molecule has 5 nitrogen and oxygen atoms in total. The second kappa shape index (κ2) is 4.15. The summed E-state index contributed by atoms with van der Waals surface area (Å²) in [7, 11) is 2.00. The predicted octanol–water partition coefficient (Wildman–Crippen LogP) is 2.12. The number of benzene rings is 1. The molecule has 2 aliphatic heterocycles. The van der Waals surface area contributed by atoms with Gasteiger partial charge in [0.1, 0.15) is 17.1 Å². The lowest BCUT2D eigenvalue weighted by Gasteiger charge is -2.47. The van der Waals surface area contributed by atoms with Crippen molar-refractivity contribution in [1.29, 1.82) is 0 Å². The van der Waals surface area contributed by atoms with E-state index in [9.17, 15) is 5.11 Å². The quantitative estimate of drug-likeness (QED) is 0.860. The normalized spacial score (nSPS) is 30.2. The lowest BCUT2D eigenvalue weighted by molar-refractivity contribution is -0.148. The zero-order chi connectivity index (χ0) is 15.5. The second-order valence-corrected chi connectivity index (χ2v) is 6.61. The molecule has 1 unspecified atom stereocenters. The third-order valence-electron chi connectivity index (χ3n) is 4.60. The smallest absolute Gasteiger partial charge is 0.305 e. The number of hydrogen-bond donors (Lipinski definition) is 1. The third-order valence-corrected chi connectivity index (χ3v) is 4.60. The first-order valence-corrected chi connectivity index (χ1v) is 7.09. The lowest BCUT2D eigenvalue weighted by Crippen LogP contribution is -2.63. The molecular formula is C16H21N3O2. The monoisotopic (exact) mass is 287 g/mol. The summed E-state index contributed by atoms with van der Waals surface area (Å²) < 4.78 is 0. The van der Waals surface area contributed by atoms with Gasteiger partial charge < -0.3 is 9.94 Å². The molecule has 0 fully saturated rings. The first-order chi connectivity index (χ1) is 9.69. The van der Waals surface area contributed by atoms with Crippen LogP contribution in [-0.2, 0) is 10.6 Å². The summed E-state index contributed by atoms with van der Waals surface area (Å²) in [4.78, 5) is 12.3. The van der Waals surface area contributed by atoms with Crippen LogP contribution >= 0.6 is 0 Å². The first-order valence-electron chi connectivity index (χ1n) is 7.09. The number of fused-ring (bicyclic) bond motifs is 1. The number of nitrogens with zero attached hydrogens (tertiary/aromatic N) is 3. The van der Waals surface area contributed by atoms with Crippen LogP contribution in [0.15, 0.2) is 40.5 Å². The van der Waals surface area contributed by atoms with E-state index in [2.05, 4.69) is 23.9 Å². The van der Waals surface area contributed by atoms with Crippen molar-refractivity contribution in [3.8, 4) is 0 Å². The average Bonchev–Trinajstić information content (AvgIpc) is 2.77. The zero-order valence-corrected chi connectivity index (χ0v) is 13.1. The van der Waals surface area contributed by atoms with Gasteiger partial charge in [-0.15, -0.1) is 0 Å². The maximum Gasteiger partial charge on any atom is 0.305 e. The van der Waals surface area contributed by atoms with Gasteiger partial charge in [-0.25, -0.2) is 0 Å². The van der Waals surface area contributed by atoms with Gasteiger partial charge in [-0.2, -0.15) is 0 Å². The fraction of sp³-hybridized carbons (Fsp3) is 0.500. The molecule has 3 rings (SSSR count). The summed E-state index contributed by atoms with van der Waals surface area (Å²) >= 11 is 0. The molecule has 0 saturated heterocycles. The molecule has 1 aromatic rings. The van der Waals surface area contributed by atoms with Gasteiger partial charge in [0, 0.05) is 5.56 Å². The van der Waals surface area contributed by atoms with Gasteiger partial charge >= 0.3 is 5.79 Å². The SMILES string of the molecule is CN1C(C)(C)N=C2C(=NOC2(O)c2ccccc2)C1(C)C. The Morgan fingerprint density at radius 2 is 1.67 bits per heavy atom. The third kappa shape index (κ3) is 1.84. The molecule has 0 radical (unpaired) electrons. The van der Waals surface area contributed by atoms with Gasteiger partial charge in [-0.05, 0) is 34.7 Å². The lowest BCUT2D eigenvalue weighted by atomic mass is 9.83. The Hall–Kier alpha value is -1.72. The standard InChI is InChI=1S/C16H21N3O2/c1-14(2)12-13(17-15(3,4)19(14)5)16(20,21-18-12)11-9-7-6-8-10-11/h6-10,20H,1-5H3. The molecule has 112 valence electrons. The molecule has 0 spiro atoms.